The molecule has 3 heteroatoms. The summed E-state index contributed by atoms with van der Waals surface area (Å²) in [7, 11) is -2.44. The zero-order valence-electron chi connectivity index (χ0n) is 21.7. The van der Waals surface area contributed by atoms with Crippen LogP contribution in [0.25, 0.3) is 0 Å². The van der Waals surface area contributed by atoms with E-state index in [1.165, 1.54) is 22.3 Å². The lowest BCUT2D eigenvalue weighted by Gasteiger charge is -2.28. The molecule has 0 unspecified atom stereocenters. The van der Waals surface area contributed by atoms with Crippen molar-refractivity contribution in [2.75, 3.05) is 0 Å². The van der Waals surface area contributed by atoms with Gasteiger partial charge in [0.15, 0.2) is 0 Å². The second-order valence-corrected chi connectivity index (χ2v) is 13.8. The zero-order chi connectivity index (χ0) is 25.1. The van der Waals surface area contributed by atoms with Crippen LogP contribution in [0, 0.1) is 0 Å². The summed E-state index contributed by atoms with van der Waals surface area (Å²) in [5.74, 6) is 1.69. The van der Waals surface area contributed by atoms with Crippen LogP contribution in [-0.4, -0.2) is 8.56 Å². The fourth-order valence-corrected chi connectivity index (χ4v) is 5.96. The predicted molar refractivity (Wildman–Crippen MR) is 149 cm³/mol. The fourth-order valence-electron chi connectivity index (χ4n) is 4.51. The Morgan fingerprint density at radius 3 is 1.03 bits per heavy atom. The van der Waals surface area contributed by atoms with Crippen molar-refractivity contribution in [1.82, 2.24) is 0 Å². The van der Waals surface area contributed by atoms with Gasteiger partial charge in [-0.1, -0.05) is 113 Å². The molecule has 0 aromatic heterocycles. The van der Waals surface area contributed by atoms with Crippen LogP contribution >= 0.6 is 0 Å². The van der Waals surface area contributed by atoms with E-state index in [9.17, 15) is 0 Å². The first-order chi connectivity index (χ1) is 16.6. The molecule has 2 nitrogen and oxygen atoms in total. The number of rotatable bonds is 8. The van der Waals surface area contributed by atoms with Crippen molar-refractivity contribution in [3.8, 4) is 11.5 Å². The summed E-state index contributed by atoms with van der Waals surface area (Å²) in [6, 6.07) is 38.1. The van der Waals surface area contributed by atoms with Crippen LogP contribution in [0.4, 0.5) is 0 Å². The normalized spacial score (nSPS) is 12.3. The summed E-state index contributed by atoms with van der Waals surface area (Å²) >= 11 is 0. The van der Waals surface area contributed by atoms with E-state index >= 15 is 0 Å². The molecule has 0 fully saturated rings. The summed E-state index contributed by atoms with van der Waals surface area (Å²) in [4.78, 5) is 0. The van der Waals surface area contributed by atoms with Gasteiger partial charge < -0.3 is 8.85 Å². The van der Waals surface area contributed by atoms with E-state index in [2.05, 4.69) is 150 Å². The molecule has 0 aliphatic heterocycles. The molecule has 0 aliphatic carbocycles. The minimum absolute atomic E-state index is 0.0709. The Morgan fingerprint density at radius 1 is 0.429 bits per heavy atom. The van der Waals surface area contributed by atoms with E-state index in [1.807, 2.05) is 0 Å². The molecule has 4 rings (SSSR count). The summed E-state index contributed by atoms with van der Waals surface area (Å²) in [5, 5.41) is 0. The van der Waals surface area contributed by atoms with Gasteiger partial charge in [-0.05, 0) is 46.5 Å². The van der Waals surface area contributed by atoms with Crippen molar-refractivity contribution in [3.05, 3.63) is 131 Å². The van der Waals surface area contributed by atoms with Crippen molar-refractivity contribution in [2.24, 2.45) is 0 Å². The monoisotopic (exact) mass is 480 g/mol. The molecule has 180 valence electrons. The minimum atomic E-state index is -2.44. The quantitative estimate of drug-likeness (QED) is 0.235. The Morgan fingerprint density at radius 2 is 0.714 bits per heavy atom. The smallest absolute Gasteiger partial charge is 0.454 e. The van der Waals surface area contributed by atoms with Gasteiger partial charge in [0.1, 0.15) is 11.5 Å². The Hall–Kier alpha value is -3.30. The fraction of sp³-hybridized carbons (Fsp3) is 0.250. The van der Waals surface area contributed by atoms with Crippen LogP contribution in [0.2, 0.25) is 13.1 Å². The highest BCUT2D eigenvalue weighted by molar-refractivity contribution is 6.66. The molecule has 0 aliphatic rings. The van der Waals surface area contributed by atoms with Crippen molar-refractivity contribution in [2.45, 2.75) is 51.6 Å². The first-order valence-corrected chi connectivity index (χ1v) is 15.1. The van der Waals surface area contributed by atoms with Gasteiger partial charge in [-0.3, -0.25) is 0 Å². The number of hydrogen-bond acceptors (Lipinski definition) is 2. The molecule has 35 heavy (non-hydrogen) atoms. The van der Waals surface area contributed by atoms with E-state index in [0.29, 0.717) is 0 Å². The molecule has 0 N–H and O–H groups in total. The third-order valence-corrected chi connectivity index (χ3v) is 8.32. The summed E-state index contributed by atoms with van der Waals surface area (Å²) in [6.45, 7) is 13.2. The molecule has 0 spiro atoms. The topological polar surface area (TPSA) is 18.5 Å². The molecule has 0 bridgehead atoms. The first kappa shape index (κ1) is 24.8. The van der Waals surface area contributed by atoms with Gasteiger partial charge in [0.05, 0.1) is 0 Å². The van der Waals surface area contributed by atoms with Gasteiger partial charge in [-0.2, -0.15) is 0 Å². The van der Waals surface area contributed by atoms with Crippen LogP contribution in [-0.2, 0) is 10.8 Å². The highest BCUT2D eigenvalue weighted by Crippen LogP contribution is 2.34. The molecule has 0 radical (unpaired) electrons. The van der Waals surface area contributed by atoms with Crippen molar-refractivity contribution < 1.29 is 8.85 Å². The van der Waals surface area contributed by atoms with Crippen LogP contribution in [0.3, 0.4) is 0 Å². The number of hydrogen-bond donors (Lipinski definition) is 0. The molecule has 0 amide bonds. The Balaban J connectivity index is 1.43. The van der Waals surface area contributed by atoms with Crippen LogP contribution in [0.5, 0.6) is 11.5 Å². The lowest BCUT2D eigenvalue weighted by Crippen LogP contribution is -2.41. The van der Waals surface area contributed by atoms with Gasteiger partial charge in [-0.25, -0.2) is 0 Å². The Kier molecular flexibility index (Phi) is 6.91. The van der Waals surface area contributed by atoms with Gasteiger partial charge in [-0.15, -0.1) is 0 Å². The molecule has 0 saturated carbocycles. The van der Waals surface area contributed by atoms with Crippen LogP contribution < -0.4 is 8.85 Å². The van der Waals surface area contributed by atoms with Crippen molar-refractivity contribution in [1.29, 1.82) is 0 Å². The predicted octanol–water partition coefficient (Wildman–Crippen LogP) is 8.50. The average molecular weight is 481 g/mol. The third kappa shape index (κ3) is 5.68. The molecule has 0 saturated heterocycles. The van der Waals surface area contributed by atoms with Gasteiger partial charge in [0.2, 0.25) is 0 Å². The second kappa shape index (κ2) is 9.75. The van der Waals surface area contributed by atoms with Crippen LogP contribution in [0.1, 0.15) is 49.9 Å². The molecule has 0 heterocycles. The molecular weight excluding hydrogens is 444 g/mol. The van der Waals surface area contributed by atoms with Gasteiger partial charge in [0, 0.05) is 23.9 Å². The minimum Gasteiger partial charge on any atom is -0.512 e. The zero-order valence-corrected chi connectivity index (χ0v) is 22.7. The van der Waals surface area contributed by atoms with E-state index in [1.54, 1.807) is 0 Å². The summed E-state index contributed by atoms with van der Waals surface area (Å²) in [6.07, 6.45) is 0. The highest BCUT2D eigenvalue weighted by atomic mass is 28.4. The standard InChI is InChI=1S/C32H36O2Si/c1-31(2,25-13-9-7-10-14-25)27-17-21-29(22-18-27)33-35(5,6)34-30-23-19-28(20-24-30)32(3,4)26-15-11-8-12-16-26/h7-24H,1-6H3. The van der Waals surface area contributed by atoms with Crippen molar-refractivity contribution >= 4 is 8.56 Å². The average Bonchev–Trinajstić information content (AvgIpc) is 2.85. The maximum Gasteiger partial charge on any atom is 0.454 e. The van der Waals surface area contributed by atoms with Crippen molar-refractivity contribution in [3.63, 3.8) is 0 Å². The number of benzene rings is 4. The summed E-state index contributed by atoms with van der Waals surface area (Å²) in [5.41, 5.74) is 4.97. The second-order valence-electron chi connectivity index (χ2n) is 10.6. The maximum absolute atomic E-state index is 6.36. The molecule has 4 aromatic rings. The van der Waals surface area contributed by atoms with E-state index in [-0.39, 0.29) is 10.8 Å². The van der Waals surface area contributed by atoms with Gasteiger partial charge in [0.25, 0.3) is 0 Å². The third-order valence-electron chi connectivity index (χ3n) is 6.87. The Labute approximate surface area is 211 Å². The van der Waals surface area contributed by atoms with E-state index in [4.69, 9.17) is 8.85 Å². The first-order valence-electron chi connectivity index (χ1n) is 12.3. The van der Waals surface area contributed by atoms with Gasteiger partial charge >= 0.3 is 8.56 Å². The summed E-state index contributed by atoms with van der Waals surface area (Å²) < 4.78 is 12.7. The van der Waals surface area contributed by atoms with E-state index < -0.39 is 8.56 Å². The lowest BCUT2D eigenvalue weighted by molar-refractivity contribution is 0.399. The molecular formula is C32H36O2Si. The maximum atomic E-state index is 6.36. The lowest BCUT2D eigenvalue weighted by atomic mass is 9.78. The van der Waals surface area contributed by atoms with E-state index in [0.717, 1.165) is 11.5 Å². The largest absolute Gasteiger partial charge is 0.512 e. The SMILES string of the molecule is CC(C)(c1ccccc1)c1ccc(O[Si](C)(C)Oc2ccc(C(C)(C)c3ccccc3)cc2)cc1. The Bertz CT molecular complexity index is 1130. The van der Waals surface area contributed by atoms with Crippen LogP contribution in [0.15, 0.2) is 109 Å². The molecule has 4 aromatic carbocycles. The highest BCUT2D eigenvalue weighted by Gasteiger charge is 2.30. The molecule has 0 atom stereocenters.